The summed E-state index contributed by atoms with van der Waals surface area (Å²) < 4.78 is 0. The van der Waals surface area contributed by atoms with Crippen molar-refractivity contribution in [2.45, 2.75) is 52.1 Å². The number of rotatable bonds is 5. The molecule has 1 aromatic rings. The molecule has 25 heavy (non-hydrogen) atoms. The summed E-state index contributed by atoms with van der Waals surface area (Å²) in [5.41, 5.74) is 2.78. The zero-order valence-electron chi connectivity index (χ0n) is 16.1. The molecule has 0 radical (unpaired) electrons. The Morgan fingerprint density at radius 3 is 2.76 bits per heavy atom. The molecule has 0 bridgehead atoms. The van der Waals surface area contributed by atoms with Gasteiger partial charge in [0.15, 0.2) is 0 Å². The van der Waals surface area contributed by atoms with E-state index in [-0.39, 0.29) is 11.9 Å². The number of nitrogens with zero attached hydrogens (tertiary/aromatic N) is 2. The summed E-state index contributed by atoms with van der Waals surface area (Å²) in [4.78, 5) is 17.8. The molecule has 2 fully saturated rings. The predicted molar refractivity (Wildman–Crippen MR) is 102 cm³/mol. The minimum absolute atomic E-state index is 0.0492. The summed E-state index contributed by atoms with van der Waals surface area (Å²) in [7, 11) is 2.21. The molecule has 2 aliphatic heterocycles. The Morgan fingerprint density at radius 2 is 2.08 bits per heavy atom. The summed E-state index contributed by atoms with van der Waals surface area (Å²) >= 11 is 0. The smallest absolute Gasteiger partial charge is 0.237 e. The fourth-order valence-corrected chi connectivity index (χ4v) is 4.51. The van der Waals surface area contributed by atoms with E-state index < -0.39 is 0 Å². The average Bonchev–Trinajstić information content (AvgIpc) is 2.95. The van der Waals surface area contributed by atoms with Crippen LogP contribution in [0.4, 0.5) is 0 Å². The van der Waals surface area contributed by atoms with Crippen LogP contribution in [0.25, 0.3) is 0 Å². The van der Waals surface area contributed by atoms with E-state index >= 15 is 0 Å². The molecule has 0 saturated carbocycles. The molecule has 1 atom stereocenters. The Kier molecular flexibility index (Phi) is 5.80. The molecule has 2 saturated heterocycles. The lowest BCUT2D eigenvalue weighted by molar-refractivity contribution is -0.125. The minimum Gasteiger partial charge on any atom is -0.351 e. The van der Waals surface area contributed by atoms with Gasteiger partial charge in [0, 0.05) is 13.1 Å². The number of amides is 1. The van der Waals surface area contributed by atoms with Crippen LogP contribution in [0.1, 0.15) is 43.7 Å². The highest BCUT2D eigenvalue weighted by molar-refractivity contribution is 5.82. The van der Waals surface area contributed by atoms with Crippen molar-refractivity contribution in [3.63, 3.8) is 0 Å². The standard InChI is InChI=1S/C21H33N3O/c1-4-10-24-16-21(8-11-23(3)12-9-21)14-19(24)20(25)22-15-18-7-5-6-17(2)13-18/h5-7,13,19H,4,8-12,14-16H2,1-3H3,(H,22,25). The fraction of sp³-hybridized carbons (Fsp3) is 0.667. The molecular formula is C21H33N3O. The summed E-state index contributed by atoms with van der Waals surface area (Å²) in [5.74, 6) is 0.214. The number of piperidine rings is 1. The maximum absolute atomic E-state index is 12.9. The highest BCUT2D eigenvalue weighted by Crippen LogP contribution is 2.43. The van der Waals surface area contributed by atoms with Gasteiger partial charge in [0.2, 0.25) is 5.91 Å². The van der Waals surface area contributed by atoms with E-state index in [9.17, 15) is 4.79 Å². The monoisotopic (exact) mass is 343 g/mol. The third-order valence-electron chi connectivity index (χ3n) is 6.02. The molecule has 1 unspecified atom stereocenters. The second kappa shape index (κ2) is 7.88. The Morgan fingerprint density at radius 1 is 1.32 bits per heavy atom. The molecule has 138 valence electrons. The van der Waals surface area contributed by atoms with Crippen LogP contribution in [0.5, 0.6) is 0 Å². The van der Waals surface area contributed by atoms with Gasteiger partial charge in [-0.25, -0.2) is 0 Å². The van der Waals surface area contributed by atoms with Gasteiger partial charge < -0.3 is 10.2 Å². The molecule has 1 spiro atoms. The topological polar surface area (TPSA) is 35.6 Å². The van der Waals surface area contributed by atoms with Crippen LogP contribution in [0.3, 0.4) is 0 Å². The molecule has 1 aromatic carbocycles. The van der Waals surface area contributed by atoms with Crippen molar-refractivity contribution >= 4 is 5.91 Å². The molecule has 1 amide bonds. The van der Waals surface area contributed by atoms with E-state index in [1.165, 1.54) is 24.0 Å². The lowest BCUT2D eigenvalue weighted by Gasteiger charge is -2.37. The fourth-order valence-electron chi connectivity index (χ4n) is 4.51. The first-order valence-electron chi connectivity index (χ1n) is 9.77. The van der Waals surface area contributed by atoms with Crippen LogP contribution in [0, 0.1) is 12.3 Å². The summed E-state index contributed by atoms with van der Waals surface area (Å²) in [5, 5.41) is 3.20. The van der Waals surface area contributed by atoms with Gasteiger partial charge in [-0.3, -0.25) is 9.69 Å². The number of hydrogen-bond acceptors (Lipinski definition) is 3. The molecule has 1 N–H and O–H groups in total. The Labute approximate surface area is 152 Å². The Bertz CT molecular complexity index is 593. The SMILES string of the molecule is CCCN1CC2(CCN(C)CC2)CC1C(=O)NCc1cccc(C)c1. The van der Waals surface area contributed by atoms with Gasteiger partial charge in [0.25, 0.3) is 0 Å². The first-order chi connectivity index (χ1) is 12.0. The number of nitrogens with one attached hydrogen (secondary N) is 1. The van der Waals surface area contributed by atoms with Crippen molar-refractivity contribution in [2.24, 2.45) is 5.41 Å². The normalized spacial score (nSPS) is 23.9. The van der Waals surface area contributed by atoms with E-state index in [4.69, 9.17) is 0 Å². The van der Waals surface area contributed by atoms with E-state index in [1.807, 2.05) is 0 Å². The van der Waals surface area contributed by atoms with Crippen LogP contribution in [0.15, 0.2) is 24.3 Å². The van der Waals surface area contributed by atoms with Gasteiger partial charge in [0.05, 0.1) is 6.04 Å². The summed E-state index contributed by atoms with van der Waals surface area (Å²) in [6.07, 6.45) is 4.59. The van der Waals surface area contributed by atoms with E-state index in [0.29, 0.717) is 12.0 Å². The second-order valence-electron chi connectivity index (χ2n) is 8.20. The first-order valence-corrected chi connectivity index (χ1v) is 9.77. The molecule has 0 aliphatic carbocycles. The Hall–Kier alpha value is -1.39. The third kappa shape index (κ3) is 4.42. The van der Waals surface area contributed by atoms with Gasteiger partial charge in [0.1, 0.15) is 0 Å². The molecule has 2 aliphatic rings. The molecule has 3 rings (SSSR count). The number of benzene rings is 1. The van der Waals surface area contributed by atoms with Crippen molar-refractivity contribution in [2.75, 3.05) is 33.2 Å². The van der Waals surface area contributed by atoms with E-state index in [0.717, 1.165) is 39.0 Å². The van der Waals surface area contributed by atoms with Crippen molar-refractivity contribution in [1.29, 1.82) is 0 Å². The quantitative estimate of drug-likeness (QED) is 0.893. The van der Waals surface area contributed by atoms with E-state index in [2.05, 4.69) is 60.3 Å². The second-order valence-corrected chi connectivity index (χ2v) is 8.20. The van der Waals surface area contributed by atoms with Gasteiger partial charge in [-0.2, -0.15) is 0 Å². The molecular weight excluding hydrogens is 310 g/mol. The number of likely N-dealkylation sites (tertiary alicyclic amines) is 2. The molecule has 2 heterocycles. The predicted octanol–water partition coefficient (Wildman–Crippen LogP) is 2.81. The average molecular weight is 344 g/mol. The Balaban J connectivity index is 1.63. The number of carbonyl (C=O) groups is 1. The van der Waals surface area contributed by atoms with Crippen LogP contribution in [-0.4, -0.2) is 55.0 Å². The minimum atomic E-state index is 0.0492. The van der Waals surface area contributed by atoms with Gasteiger partial charge in [-0.1, -0.05) is 36.8 Å². The van der Waals surface area contributed by atoms with Gasteiger partial charge >= 0.3 is 0 Å². The zero-order valence-corrected chi connectivity index (χ0v) is 16.1. The van der Waals surface area contributed by atoms with E-state index in [1.54, 1.807) is 0 Å². The maximum atomic E-state index is 12.9. The maximum Gasteiger partial charge on any atom is 0.237 e. The van der Waals surface area contributed by atoms with Crippen LogP contribution < -0.4 is 5.32 Å². The van der Waals surface area contributed by atoms with Crippen molar-refractivity contribution < 1.29 is 4.79 Å². The largest absolute Gasteiger partial charge is 0.351 e. The number of aryl methyl sites for hydroxylation is 1. The van der Waals surface area contributed by atoms with Crippen molar-refractivity contribution in [3.8, 4) is 0 Å². The van der Waals surface area contributed by atoms with Crippen LogP contribution >= 0.6 is 0 Å². The lowest BCUT2D eigenvalue weighted by Crippen LogP contribution is -2.43. The number of hydrogen-bond donors (Lipinski definition) is 1. The molecule has 4 heteroatoms. The highest BCUT2D eigenvalue weighted by atomic mass is 16.2. The summed E-state index contributed by atoms with van der Waals surface area (Å²) in [6.45, 7) is 9.38. The lowest BCUT2D eigenvalue weighted by atomic mass is 9.76. The molecule has 0 aromatic heterocycles. The highest BCUT2D eigenvalue weighted by Gasteiger charge is 2.47. The zero-order chi connectivity index (χ0) is 17.9. The summed E-state index contributed by atoms with van der Waals surface area (Å²) in [6, 6.07) is 8.44. The van der Waals surface area contributed by atoms with Crippen molar-refractivity contribution in [1.82, 2.24) is 15.1 Å². The van der Waals surface area contributed by atoms with Crippen LogP contribution in [-0.2, 0) is 11.3 Å². The molecule has 4 nitrogen and oxygen atoms in total. The van der Waals surface area contributed by atoms with Crippen molar-refractivity contribution in [3.05, 3.63) is 35.4 Å². The first kappa shape index (κ1) is 18.4. The van der Waals surface area contributed by atoms with Crippen LogP contribution in [0.2, 0.25) is 0 Å². The van der Waals surface area contributed by atoms with Gasteiger partial charge in [-0.15, -0.1) is 0 Å². The third-order valence-corrected chi connectivity index (χ3v) is 6.02. The van der Waals surface area contributed by atoms with Gasteiger partial charge in [-0.05, 0) is 70.3 Å². The number of carbonyl (C=O) groups excluding carboxylic acids is 1.